The fourth-order valence-corrected chi connectivity index (χ4v) is 0.552. The minimum atomic E-state index is -0.314. The Hall–Kier alpha value is -0.990. The molecule has 1 N–H and O–H groups in total. The van der Waals surface area contributed by atoms with Crippen molar-refractivity contribution in [3.05, 3.63) is 11.8 Å². The Labute approximate surface area is 61.1 Å². The molecule has 3 nitrogen and oxygen atoms in total. The molecule has 3 heteroatoms. The van der Waals surface area contributed by atoms with Gasteiger partial charge in [-0.15, -0.1) is 0 Å². The van der Waals surface area contributed by atoms with E-state index in [-0.39, 0.29) is 5.97 Å². The Morgan fingerprint density at radius 2 is 2.30 bits per heavy atom. The summed E-state index contributed by atoms with van der Waals surface area (Å²) in [6, 6.07) is 0. The summed E-state index contributed by atoms with van der Waals surface area (Å²) in [5.74, 6) is -0.314. The van der Waals surface area contributed by atoms with E-state index in [0.717, 1.165) is 12.1 Å². The molecule has 0 atom stereocenters. The molecule has 0 aromatic rings. The SMILES string of the molecule is CC/C(=C/C(=O)OC)NC. The van der Waals surface area contributed by atoms with Crippen molar-refractivity contribution < 1.29 is 9.53 Å². The summed E-state index contributed by atoms with van der Waals surface area (Å²) in [5.41, 5.74) is 0.881. The molecular weight excluding hydrogens is 130 g/mol. The van der Waals surface area contributed by atoms with Gasteiger partial charge in [-0.1, -0.05) is 6.92 Å². The van der Waals surface area contributed by atoms with E-state index in [1.807, 2.05) is 6.92 Å². The van der Waals surface area contributed by atoms with Gasteiger partial charge >= 0.3 is 5.97 Å². The fraction of sp³-hybridized carbons (Fsp3) is 0.571. The third-order valence-corrected chi connectivity index (χ3v) is 1.20. The number of hydrogen-bond acceptors (Lipinski definition) is 3. The maximum atomic E-state index is 10.6. The number of hydrogen-bond donors (Lipinski definition) is 1. The Bertz CT molecular complexity index is 135. The van der Waals surface area contributed by atoms with Crippen molar-refractivity contribution in [2.24, 2.45) is 0 Å². The number of carbonyl (C=O) groups is 1. The maximum Gasteiger partial charge on any atom is 0.332 e. The molecule has 0 amide bonds. The molecule has 0 aromatic heterocycles. The number of ether oxygens (including phenoxy) is 1. The second kappa shape index (κ2) is 4.85. The van der Waals surface area contributed by atoms with Crippen molar-refractivity contribution in [3.63, 3.8) is 0 Å². The highest BCUT2D eigenvalue weighted by atomic mass is 16.5. The second-order valence-corrected chi connectivity index (χ2v) is 1.80. The van der Waals surface area contributed by atoms with Crippen LogP contribution in [0, 0.1) is 0 Å². The van der Waals surface area contributed by atoms with Crippen LogP contribution in [-0.2, 0) is 9.53 Å². The van der Waals surface area contributed by atoms with Crippen LogP contribution in [0.1, 0.15) is 13.3 Å². The average Bonchev–Trinajstić information content (AvgIpc) is 1.99. The lowest BCUT2D eigenvalue weighted by atomic mass is 10.3. The Kier molecular flexibility index (Phi) is 4.37. The van der Waals surface area contributed by atoms with Gasteiger partial charge in [0.25, 0.3) is 0 Å². The van der Waals surface area contributed by atoms with Crippen molar-refractivity contribution in [1.82, 2.24) is 5.32 Å². The minimum absolute atomic E-state index is 0.314. The summed E-state index contributed by atoms with van der Waals surface area (Å²) in [5, 5.41) is 2.88. The zero-order chi connectivity index (χ0) is 7.98. The molecule has 0 unspecified atom stereocenters. The molecule has 0 heterocycles. The van der Waals surface area contributed by atoms with Crippen LogP contribution in [0.15, 0.2) is 11.8 Å². The molecule has 0 aliphatic heterocycles. The van der Waals surface area contributed by atoms with Crippen LogP contribution >= 0.6 is 0 Å². The predicted octanol–water partition coefficient (Wildman–Crippen LogP) is 0.673. The van der Waals surface area contributed by atoms with Gasteiger partial charge in [0.15, 0.2) is 0 Å². The molecule has 58 valence electrons. The highest BCUT2D eigenvalue weighted by Crippen LogP contribution is 1.93. The summed E-state index contributed by atoms with van der Waals surface area (Å²) >= 11 is 0. The monoisotopic (exact) mass is 143 g/mol. The number of methoxy groups -OCH3 is 1. The first-order valence-corrected chi connectivity index (χ1v) is 3.20. The van der Waals surface area contributed by atoms with Gasteiger partial charge < -0.3 is 10.1 Å². The largest absolute Gasteiger partial charge is 0.466 e. The van der Waals surface area contributed by atoms with E-state index in [4.69, 9.17) is 0 Å². The number of rotatable bonds is 3. The van der Waals surface area contributed by atoms with Gasteiger partial charge in [0.1, 0.15) is 0 Å². The fourth-order valence-electron chi connectivity index (χ4n) is 0.552. The van der Waals surface area contributed by atoms with Gasteiger partial charge in [-0.2, -0.15) is 0 Å². The average molecular weight is 143 g/mol. The molecule has 10 heavy (non-hydrogen) atoms. The first-order valence-electron chi connectivity index (χ1n) is 3.20. The third kappa shape index (κ3) is 3.12. The van der Waals surface area contributed by atoms with Gasteiger partial charge in [-0.25, -0.2) is 4.79 Å². The van der Waals surface area contributed by atoms with Crippen molar-refractivity contribution in [3.8, 4) is 0 Å². The highest BCUT2D eigenvalue weighted by molar-refractivity contribution is 5.82. The molecule has 0 rings (SSSR count). The number of allylic oxidation sites excluding steroid dienone is 1. The van der Waals surface area contributed by atoms with E-state index in [2.05, 4.69) is 10.1 Å². The molecule has 0 aliphatic rings. The lowest BCUT2D eigenvalue weighted by molar-refractivity contribution is -0.134. The summed E-state index contributed by atoms with van der Waals surface area (Å²) in [4.78, 5) is 10.6. The van der Waals surface area contributed by atoms with Crippen LogP contribution in [0.2, 0.25) is 0 Å². The van der Waals surface area contributed by atoms with Crippen LogP contribution in [0.25, 0.3) is 0 Å². The number of esters is 1. The van der Waals surface area contributed by atoms with Crippen LogP contribution < -0.4 is 5.32 Å². The normalized spacial score (nSPS) is 10.9. The summed E-state index contributed by atoms with van der Waals surface area (Å²) in [6.45, 7) is 1.96. The zero-order valence-corrected chi connectivity index (χ0v) is 6.60. The van der Waals surface area contributed by atoms with Crippen LogP contribution in [0.4, 0.5) is 0 Å². The molecule has 0 fully saturated rings. The smallest absolute Gasteiger partial charge is 0.332 e. The quantitative estimate of drug-likeness (QED) is 0.466. The summed E-state index contributed by atoms with van der Waals surface area (Å²) < 4.78 is 4.43. The molecular formula is C7H13NO2. The van der Waals surface area contributed by atoms with Gasteiger partial charge in [0.05, 0.1) is 7.11 Å². The first kappa shape index (κ1) is 9.01. The predicted molar refractivity (Wildman–Crippen MR) is 39.4 cm³/mol. The van der Waals surface area contributed by atoms with Crippen molar-refractivity contribution in [1.29, 1.82) is 0 Å². The van der Waals surface area contributed by atoms with Crippen LogP contribution in [0.5, 0.6) is 0 Å². The Morgan fingerprint density at radius 3 is 2.60 bits per heavy atom. The standard InChI is InChI=1S/C7H13NO2/c1-4-6(8-2)5-7(9)10-3/h5,8H,4H2,1-3H3/b6-5-. The third-order valence-electron chi connectivity index (χ3n) is 1.20. The number of nitrogens with one attached hydrogen (secondary N) is 1. The van der Waals surface area contributed by atoms with E-state index in [0.29, 0.717) is 0 Å². The zero-order valence-electron chi connectivity index (χ0n) is 6.60. The number of carbonyl (C=O) groups excluding carboxylic acids is 1. The first-order chi connectivity index (χ1) is 4.74. The highest BCUT2D eigenvalue weighted by Gasteiger charge is 1.95. The molecule has 0 saturated heterocycles. The van der Waals surface area contributed by atoms with Crippen LogP contribution in [-0.4, -0.2) is 20.1 Å². The Balaban J connectivity index is 3.96. The Morgan fingerprint density at radius 1 is 1.70 bits per heavy atom. The van der Waals surface area contributed by atoms with E-state index in [1.165, 1.54) is 13.2 Å². The van der Waals surface area contributed by atoms with Gasteiger partial charge in [-0.05, 0) is 6.42 Å². The van der Waals surface area contributed by atoms with Crippen molar-refractivity contribution in [2.45, 2.75) is 13.3 Å². The summed E-state index contributed by atoms with van der Waals surface area (Å²) in [6.07, 6.45) is 2.26. The van der Waals surface area contributed by atoms with Gasteiger partial charge in [-0.3, -0.25) is 0 Å². The topological polar surface area (TPSA) is 38.3 Å². The van der Waals surface area contributed by atoms with E-state index >= 15 is 0 Å². The molecule has 0 bridgehead atoms. The summed E-state index contributed by atoms with van der Waals surface area (Å²) in [7, 11) is 3.14. The van der Waals surface area contributed by atoms with E-state index in [9.17, 15) is 4.79 Å². The molecule has 0 radical (unpaired) electrons. The second-order valence-electron chi connectivity index (χ2n) is 1.80. The molecule has 0 aromatic carbocycles. The minimum Gasteiger partial charge on any atom is -0.466 e. The van der Waals surface area contributed by atoms with E-state index < -0.39 is 0 Å². The van der Waals surface area contributed by atoms with Crippen molar-refractivity contribution in [2.75, 3.05) is 14.2 Å². The maximum absolute atomic E-state index is 10.6. The molecule has 0 saturated carbocycles. The lowest BCUT2D eigenvalue weighted by Gasteiger charge is -2.00. The van der Waals surface area contributed by atoms with E-state index in [1.54, 1.807) is 7.05 Å². The van der Waals surface area contributed by atoms with Crippen molar-refractivity contribution >= 4 is 5.97 Å². The van der Waals surface area contributed by atoms with Crippen LogP contribution in [0.3, 0.4) is 0 Å². The van der Waals surface area contributed by atoms with Gasteiger partial charge in [0.2, 0.25) is 0 Å². The lowest BCUT2D eigenvalue weighted by Crippen LogP contribution is -2.08. The molecule has 0 aliphatic carbocycles. The molecule has 0 spiro atoms. The van der Waals surface area contributed by atoms with Gasteiger partial charge in [0, 0.05) is 18.8 Å².